The van der Waals surface area contributed by atoms with Gasteiger partial charge in [0.2, 0.25) is 0 Å². The molecule has 2 aliphatic rings. The number of ketones is 1. The second-order valence-corrected chi connectivity index (χ2v) is 8.78. The molecule has 0 bridgehead atoms. The van der Waals surface area contributed by atoms with E-state index in [-0.39, 0.29) is 5.78 Å². The van der Waals surface area contributed by atoms with Crippen LogP contribution in [0.3, 0.4) is 0 Å². The fraction of sp³-hybridized carbons (Fsp3) is 0.280. The first-order valence-corrected chi connectivity index (χ1v) is 11.2. The van der Waals surface area contributed by atoms with Gasteiger partial charge in [-0.15, -0.1) is 0 Å². The predicted octanol–water partition coefficient (Wildman–Crippen LogP) is 4.77. The normalized spacial score (nSPS) is 18.4. The first-order valence-electron chi connectivity index (χ1n) is 10.4. The average molecular weight is 494 g/mol. The maximum atomic E-state index is 12.9. The number of carbonyl (C=O) groups excluding carboxylic acids is 1. The SMILES string of the molecule is COc1cc([C@@H]2C(C#N)=C(N)N(C)C3=C2C(=O)CCC3)ccc1OCc1ccc(Br)cc1. The van der Waals surface area contributed by atoms with Crippen molar-refractivity contribution in [3.63, 3.8) is 0 Å². The molecule has 164 valence electrons. The minimum Gasteiger partial charge on any atom is -0.493 e. The topological polar surface area (TPSA) is 88.6 Å². The fourth-order valence-electron chi connectivity index (χ4n) is 4.32. The van der Waals surface area contributed by atoms with Crippen LogP contribution >= 0.6 is 15.9 Å². The minimum absolute atomic E-state index is 0.0675. The van der Waals surface area contributed by atoms with Crippen molar-refractivity contribution in [3.8, 4) is 17.6 Å². The van der Waals surface area contributed by atoms with Gasteiger partial charge in [0.15, 0.2) is 17.3 Å². The van der Waals surface area contributed by atoms with Crippen LogP contribution in [-0.4, -0.2) is 24.8 Å². The summed E-state index contributed by atoms with van der Waals surface area (Å²) in [5, 5.41) is 9.89. The zero-order chi connectivity index (χ0) is 22.8. The molecule has 0 spiro atoms. The van der Waals surface area contributed by atoms with Crippen LogP contribution in [0.15, 0.2) is 69.6 Å². The van der Waals surface area contributed by atoms with Crippen LogP contribution < -0.4 is 15.2 Å². The monoisotopic (exact) mass is 493 g/mol. The lowest BCUT2D eigenvalue weighted by Crippen LogP contribution is -2.36. The Morgan fingerprint density at radius 3 is 2.62 bits per heavy atom. The molecule has 1 heterocycles. The van der Waals surface area contributed by atoms with E-state index in [2.05, 4.69) is 22.0 Å². The first kappa shape index (κ1) is 22.0. The zero-order valence-electron chi connectivity index (χ0n) is 18.0. The molecule has 6 nitrogen and oxygen atoms in total. The molecule has 0 amide bonds. The standard InChI is InChI=1S/C25H24BrN3O3/c1-29-19-4-3-5-20(30)24(19)23(18(13-27)25(29)28)16-8-11-21(22(12-16)31-2)32-14-15-6-9-17(26)10-7-15/h6-12,23H,3-5,14,28H2,1-2H3/t23-/m1/s1. The summed E-state index contributed by atoms with van der Waals surface area (Å²) in [5.41, 5.74) is 10.1. The van der Waals surface area contributed by atoms with Crippen molar-refractivity contribution in [2.75, 3.05) is 14.2 Å². The van der Waals surface area contributed by atoms with Crippen molar-refractivity contribution in [1.29, 1.82) is 5.26 Å². The van der Waals surface area contributed by atoms with Crippen molar-refractivity contribution in [3.05, 3.63) is 80.7 Å². The summed E-state index contributed by atoms with van der Waals surface area (Å²) >= 11 is 3.43. The smallest absolute Gasteiger partial charge is 0.161 e. The average Bonchev–Trinajstić information content (AvgIpc) is 2.81. The molecule has 1 aliphatic heterocycles. The van der Waals surface area contributed by atoms with E-state index < -0.39 is 5.92 Å². The summed E-state index contributed by atoms with van der Waals surface area (Å²) in [5.74, 6) is 1.08. The van der Waals surface area contributed by atoms with Gasteiger partial charge in [-0.25, -0.2) is 0 Å². The van der Waals surface area contributed by atoms with Gasteiger partial charge in [0.25, 0.3) is 0 Å². The number of Topliss-reactive ketones (excluding diaryl/α,β-unsaturated/α-hetero) is 1. The number of allylic oxidation sites excluding steroid dienone is 3. The molecule has 32 heavy (non-hydrogen) atoms. The number of ether oxygens (including phenoxy) is 2. The molecule has 0 unspecified atom stereocenters. The molecule has 2 N–H and O–H groups in total. The molecular weight excluding hydrogens is 470 g/mol. The third kappa shape index (κ3) is 3.98. The maximum absolute atomic E-state index is 12.9. The fourth-order valence-corrected chi connectivity index (χ4v) is 4.59. The molecule has 0 radical (unpaired) electrons. The molecule has 0 saturated carbocycles. The quantitative estimate of drug-likeness (QED) is 0.645. The van der Waals surface area contributed by atoms with Crippen molar-refractivity contribution in [2.24, 2.45) is 5.73 Å². The van der Waals surface area contributed by atoms with E-state index in [4.69, 9.17) is 15.2 Å². The highest BCUT2D eigenvalue weighted by Gasteiger charge is 2.38. The lowest BCUT2D eigenvalue weighted by atomic mass is 9.76. The molecule has 7 heteroatoms. The number of methoxy groups -OCH3 is 1. The summed E-state index contributed by atoms with van der Waals surface area (Å²) in [6.07, 6.45) is 2.03. The zero-order valence-corrected chi connectivity index (χ0v) is 19.6. The highest BCUT2D eigenvalue weighted by atomic mass is 79.9. The van der Waals surface area contributed by atoms with Gasteiger partial charge in [-0.3, -0.25) is 4.79 Å². The van der Waals surface area contributed by atoms with Gasteiger partial charge >= 0.3 is 0 Å². The Morgan fingerprint density at radius 2 is 1.94 bits per heavy atom. The molecule has 0 saturated heterocycles. The number of benzene rings is 2. The Kier molecular flexibility index (Phi) is 6.24. The van der Waals surface area contributed by atoms with Crippen molar-refractivity contribution in [1.82, 2.24) is 4.90 Å². The summed E-state index contributed by atoms with van der Waals surface area (Å²) in [4.78, 5) is 14.7. The van der Waals surface area contributed by atoms with Crippen LogP contribution in [0.25, 0.3) is 0 Å². The van der Waals surface area contributed by atoms with Crippen molar-refractivity contribution >= 4 is 21.7 Å². The number of rotatable bonds is 5. The van der Waals surface area contributed by atoms with Gasteiger partial charge in [0.05, 0.1) is 24.7 Å². The Morgan fingerprint density at radius 1 is 1.19 bits per heavy atom. The van der Waals surface area contributed by atoms with Crippen LogP contribution in [0.4, 0.5) is 0 Å². The third-order valence-corrected chi connectivity index (χ3v) is 6.53. The number of nitrogens with zero attached hydrogens (tertiary/aromatic N) is 2. The van der Waals surface area contributed by atoms with Gasteiger partial charge in [-0.1, -0.05) is 34.1 Å². The van der Waals surface area contributed by atoms with Gasteiger partial charge in [-0.05, 0) is 48.2 Å². The molecule has 1 aliphatic carbocycles. The first-order chi connectivity index (χ1) is 15.4. The Bertz CT molecular complexity index is 1160. The van der Waals surface area contributed by atoms with Gasteiger partial charge in [0.1, 0.15) is 12.4 Å². The van der Waals surface area contributed by atoms with E-state index in [1.807, 2.05) is 49.5 Å². The van der Waals surface area contributed by atoms with Crippen LogP contribution in [0.2, 0.25) is 0 Å². The Balaban J connectivity index is 1.70. The Labute approximate surface area is 196 Å². The van der Waals surface area contributed by atoms with E-state index >= 15 is 0 Å². The lowest BCUT2D eigenvalue weighted by Gasteiger charge is -2.37. The highest BCUT2D eigenvalue weighted by molar-refractivity contribution is 9.10. The van der Waals surface area contributed by atoms with Crippen LogP contribution in [-0.2, 0) is 11.4 Å². The van der Waals surface area contributed by atoms with E-state index in [9.17, 15) is 10.1 Å². The highest BCUT2D eigenvalue weighted by Crippen LogP contribution is 2.45. The molecule has 0 fully saturated rings. The van der Waals surface area contributed by atoms with Crippen molar-refractivity contribution in [2.45, 2.75) is 31.8 Å². The molecule has 1 atom stereocenters. The van der Waals surface area contributed by atoms with Crippen molar-refractivity contribution < 1.29 is 14.3 Å². The number of hydrogen-bond acceptors (Lipinski definition) is 6. The van der Waals surface area contributed by atoms with Gasteiger partial charge < -0.3 is 20.1 Å². The second-order valence-electron chi connectivity index (χ2n) is 7.87. The number of carbonyl (C=O) groups is 1. The summed E-state index contributed by atoms with van der Waals surface area (Å²) in [6, 6.07) is 15.7. The summed E-state index contributed by atoms with van der Waals surface area (Å²) < 4.78 is 12.6. The molecular formula is C25H24BrN3O3. The van der Waals surface area contributed by atoms with E-state index in [1.165, 1.54) is 0 Å². The summed E-state index contributed by atoms with van der Waals surface area (Å²) in [7, 11) is 3.39. The largest absolute Gasteiger partial charge is 0.493 e. The Hall–Kier alpha value is -3.24. The number of halogens is 1. The molecule has 2 aromatic carbocycles. The predicted molar refractivity (Wildman–Crippen MR) is 125 cm³/mol. The molecule has 0 aromatic heterocycles. The van der Waals surface area contributed by atoms with Gasteiger partial charge in [-0.2, -0.15) is 5.26 Å². The van der Waals surface area contributed by atoms with Crippen LogP contribution in [0.5, 0.6) is 11.5 Å². The number of hydrogen-bond donors (Lipinski definition) is 1. The molecule has 2 aromatic rings. The van der Waals surface area contributed by atoms with E-state index in [1.54, 1.807) is 12.0 Å². The number of nitrogens with two attached hydrogens (primary N) is 1. The van der Waals surface area contributed by atoms with Gasteiger partial charge in [0, 0.05) is 29.2 Å². The van der Waals surface area contributed by atoms with E-state index in [0.29, 0.717) is 41.5 Å². The number of nitriles is 1. The summed E-state index contributed by atoms with van der Waals surface area (Å²) in [6.45, 7) is 0.390. The minimum atomic E-state index is -0.506. The van der Waals surface area contributed by atoms with E-state index in [0.717, 1.165) is 34.1 Å². The lowest BCUT2D eigenvalue weighted by molar-refractivity contribution is -0.116. The second kappa shape index (κ2) is 9.09. The van der Waals surface area contributed by atoms with Crippen LogP contribution in [0, 0.1) is 11.3 Å². The molecule has 4 rings (SSSR count). The maximum Gasteiger partial charge on any atom is 0.161 e. The third-order valence-electron chi connectivity index (χ3n) is 6.00. The van der Waals surface area contributed by atoms with Crippen LogP contribution in [0.1, 0.15) is 36.3 Å².